The molecule has 0 saturated heterocycles. The minimum Gasteiger partial charge on any atom is -0.338 e. The first kappa shape index (κ1) is 20.1. The van der Waals surface area contributed by atoms with E-state index in [1.165, 1.54) is 41.6 Å². The number of rotatable bonds is 5. The van der Waals surface area contributed by atoms with Gasteiger partial charge in [-0.15, -0.1) is 10.2 Å². The second-order valence-electron chi connectivity index (χ2n) is 4.71. The molecule has 3 N–H and O–H groups in total. The van der Waals surface area contributed by atoms with Crippen LogP contribution in [0.3, 0.4) is 0 Å². The van der Waals surface area contributed by atoms with Crippen molar-refractivity contribution in [2.45, 2.75) is 9.96 Å². The van der Waals surface area contributed by atoms with Crippen molar-refractivity contribution in [1.82, 2.24) is 25.5 Å². The second kappa shape index (κ2) is 8.45. The summed E-state index contributed by atoms with van der Waals surface area (Å²) < 4.78 is -0.613. The van der Waals surface area contributed by atoms with Gasteiger partial charge in [-0.2, -0.15) is 0 Å². The van der Waals surface area contributed by atoms with E-state index in [9.17, 15) is 14.9 Å². The lowest BCUT2D eigenvalue weighted by Crippen LogP contribution is -2.56. The summed E-state index contributed by atoms with van der Waals surface area (Å²) in [6.07, 6.45) is 1.48. The van der Waals surface area contributed by atoms with E-state index in [-0.39, 0.29) is 16.4 Å². The van der Waals surface area contributed by atoms with Gasteiger partial charge in [0.25, 0.3) is 11.6 Å². The number of nitrogens with one attached hydrogen (secondary N) is 3. The van der Waals surface area contributed by atoms with Crippen molar-refractivity contribution in [3.05, 3.63) is 52.6 Å². The predicted octanol–water partition coefficient (Wildman–Crippen LogP) is 1.73. The number of carbonyl (C=O) groups excluding carboxylic acids is 1. The third-order valence-corrected chi connectivity index (χ3v) is 3.73. The Bertz CT molecular complexity index is 795. The highest BCUT2D eigenvalue weighted by Gasteiger charge is 2.35. The number of nitrogens with zero attached hydrogens (tertiary/aromatic N) is 4. The number of hydrogen-bond acceptors (Lipinski definition) is 6. The summed E-state index contributed by atoms with van der Waals surface area (Å²) >= 11 is 22.7. The monoisotopic (exact) mass is 437 g/mol. The van der Waals surface area contributed by atoms with Crippen molar-refractivity contribution >= 4 is 63.7 Å². The molecule has 1 unspecified atom stereocenters. The lowest BCUT2D eigenvalue weighted by atomic mass is 10.2. The fourth-order valence-electron chi connectivity index (χ4n) is 1.69. The number of amides is 1. The molecule has 1 aromatic heterocycles. The van der Waals surface area contributed by atoms with Gasteiger partial charge in [0.1, 0.15) is 18.8 Å². The molecular weight excluding hydrogens is 429 g/mol. The van der Waals surface area contributed by atoms with Gasteiger partial charge in [0, 0.05) is 17.7 Å². The highest BCUT2D eigenvalue weighted by atomic mass is 35.6. The highest BCUT2D eigenvalue weighted by Crippen LogP contribution is 2.29. The van der Waals surface area contributed by atoms with Gasteiger partial charge >= 0.3 is 0 Å². The van der Waals surface area contributed by atoms with E-state index in [1.807, 2.05) is 0 Å². The Kier molecular flexibility index (Phi) is 6.53. The predicted molar refractivity (Wildman–Crippen MR) is 99.8 cm³/mol. The van der Waals surface area contributed by atoms with E-state index in [0.29, 0.717) is 0 Å². The fourth-order valence-corrected chi connectivity index (χ4v) is 2.24. The van der Waals surface area contributed by atoms with Crippen LogP contribution in [0.4, 0.5) is 5.69 Å². The van der Waals surface area contributed by atoms with Crippen molar-refractivity contribution in [2.75, 3.05) is 5.43 Å². The van der Waals surface area contributed by atoms with Crippen LogP contribution in [-0.2, 0) is 0 Å². The summed E-state index contributed by atoms with van der Waals surface area (Å²) in [7, 11) is 0. The molecule has 0 radical (unpaired) electrons. The second-order valence-corrected chi connectivity index (χ2v) is 7.48. The average Bonchev–Trinajstić information content (AvgIpc) is 3.06. The van der Waals surface area contributed by atoms with Crippen LogP contribution in [0, 0.1) is 10.1 Å². The molecular formula is C12H10Cl3N7O3S. The Hall–Kier alpha value is -2.21. The quantitative estimate of drug-likeness (QED) is 0.212. The molecule has 26 heavy (non-hydrogen) atoms. The van der Waals surface area contributed by atoms with Crippen LogP contribution in [0.25, 0.3) is 0 Å². The standard InChI is InChI=1S/C12H10Cl3N7O3S/c13-12(14,15)10(19-11(26)20-21-5-16-17-6-21)18-9(23)7-1-3-8(4-2-7)22(24)25/h1-6,10H,(H,18,23)(H2,19,20,26). The van der Waals surface area contributed by atoms with Crippen molar-refractivity contribution < 1.29 is 9.72 Å². The van der Waals surface area contributed by atoms with E-state index in [4.69, 9.17) is 47.0 Å². The molecule has 138 valence electrons. The molecule has 1 aromatic carbocycles. The number of carbonyl (C=O) groups is 1. The zero-order valence-corrected chi connectivity index (χ0v) is 15.7. The van der Waals surface area contributed by atoms with Gasteiger partial charge in [-0.05, 0) is 24.4 Å². The van der Waals surface area contributed by atoms with Crippen LogP contribution in [-0.4, -0.2) is 40.8 Å². The van der Waals surface area contributed by atoms with E-state index in [0.717, 1.165) is 0 Å². The van der Waals surface area contributed by atoms with Gasteiger partial charge in [-0.25, -0.2) is 4.68 Å². The number of nitro benzene ring substituents is 1. The van der Waals surface area contributed by atoms with Crippen molar-refractivity contribution in [3.63, 3.8) is 0 Å². The molecule has 0 aliphatic heterocycles. The normalized spacial score (nSPS) is 12.1. The molecule has 0 bridgehead atoms. The van der Waals surface area contributed by atoms with Gasteiger partial charge in [-0.3, -0.25) is 20.3 Å². The Balaban J connectivity index is 2.05. The molecule has 14 heteroatoms. The summed E-state index contributed by atoms with van der Waals surface area (Å²) in [6.45, 7) is 0. The largest absolute Gasteiger partial charge is 0.338 e. The Morgan fingerprint density at radius 2 is 1.77 bits per heavy atom. The van der Waals surface area contributed by atoms with E-state index >= 15 is 0 Å². The van der Waals surface area contributed by atoms with Gasteiger partial charge in [-0.1, -0.05) is 34.8 Å². The van der Waals surface area contributed by atoms with Crippen molar-refractivity contribution in [2.24, 2.45) is 0 Å². The SMILES string of the molecule is O=C(NC(NC(=S)Nn1cnnc1)C(Cl)(Cl)Cl)c1ccc([N+](=O)[O-])cc1. The lowest BCUT2D eigenvalue weighted by molar-refractivity contribution is -0.384. The number of nitro groups is 1. The van der Waals surface area contributed by atoms with Crippen LogP contribution < -0.4 is 16.1 Å². The molecule has 1 heterocycles. The zero-order valence-electron chi connectivity index (χ0n) is 12.6. The molecule has 0 fully saturated rings. The maximum atomic E-state index is 12.3. The van der Waals surface area contributed by atoms with Crippen LogP contribution in [0.2, 0.25) is 0 Å². The Labute approximate surface area is 166 Å². The minimum atomic E-state index is -1.95. The number of benzene rings is 1. The van der Waals surface area contributed by atoms with Gasteiger partial charge in [0.05, 0.1) is 4.92 Å². The first-order valence-electron chi connectivity index (χ1n) is 6.71. The van der Waals surface area contributed by atoms with E-state index in [2.05, 4.69) is 26.3 Å². The molecule has 0 aliphatic rings. The third-order valence-electron chi connectivity index (χ3n) is 2.87. The number of non-ortho nitro benzene ring substituents is 1. The third kappa shape index (κ3) is 5.66. The van der Waals surface area contributed by atoms with Crippen molar-refractivity contribution in [3.8, 4) is 0 Å². The summed E-state index contributed by atoms with van der Waals surface area (Å²) in [6, 6.07) is 4.92. The first-order valence-corrected chi connectivity index (χ1v) is 8.25. The summed E-state index contributed by atoms with van der Waals surface area (Å²) in [4.78, 5) is 22.4. The molecule has 0 spiro atoms. The van der Waals surface area contributed by atoms with Crippen molar-refractivity contribution in [1.29, 1.82) is 0 Å². The zero-order chi connectivity index (χ0) is 19.3. The van der Waals surface area contributed by atoms with Gasteiger partial charge < -0.3 is 10.6 Å². The number of hydrogen-bond donors (Lipinski definition) is 3. The summed E-state index contributed by atoms with van der Waals surface area (Å²) in [5.41, 5.74) is 2.65. The van der Waals surface area contributed by atoms with Crippen LogP contribution in [0.15, 0.2) is 36.9 Å². The molecule has 1 atom stereocenters. The lowest BCUT2D eigenvalue weighted by Gasteiger charge is -2.27. The van der Waals surface area contributed by atoms with Crippen LogP contribution in [0.5, 0.6) is 0 Å². The molecule has 10 nitrogen and oxygen atoms in total. The Morgan fingerprint density at radius 1 is 1.19 bits per heavy atom. The smallest absolute Gasteiger partial charge is 0.269 e. The van der Waals surface area contributed by atoms with Crippen LogP contribution in [0.1, 0.15) is 10.4 Å². The molecule has 1 amide bonds. The number of halogens is 3. The highest BCUT2D eigenvalue weighted by molar-refractivity contribution is 7.80. The maximum absolute atomic E-state index is 12.3. The molecule has 2 rings (SSSR count). The number of aromatic nitrogens is 3. The van der Waals surface area contributed by atoms with Crippen LogP contribution >= 0.6 is 47.0 Å². The fraction of sp³-hybridized carbons (Fsp3) is 0.167. The summed E-state index contributed by atoms with van der Waals surface area (Å²) in [5.74, 6) is -0.629. The Morgan fingerprint density at radius 3 is 2.27 bits per heavy atom. The maximum Gasteiger partial charge on any atom is 0.269 e. The van der Waals surface area contributed by atoms with E-state index < -0.39 is 20.8 Å². The summed E-state index contributed by atoms with van der Waals surface area (Å²) in [5, 5.41) is 22.9. The molecule has 2 aromatic rings. The van der Waals surface area contributed by atoms with E-state index in [1.54, 1.807) is 0 Å². The van der Waals surface area contributed by atoms with Gasteiger partial charge in [0.2, 0.25) is 3.79 Å². The first-order chi connectivity index (χ1) is 12.2. The minimum absolute atomic E-state index is 0.0186. The average molecular weight is 439 g/mol. The molecule has 0 saturated carbocycles. The molecule has 0 aliphatic carbocycles. The number of alkyl halides is 3. The van der Waals surface area contributed by atoms with Gasteiger partial charge in [0.15, 0.2) is 5.11 Å². The topological polar surface area (TPSA) is 127 Å². The number of thiocarbonyl (C=S) groups is 1.